The number of carbonyl (C=O) groups excluding carboxylic acids is 1. The fraction of sp³-hybridized carbons (Fsp3) is 0.429. The summed E-state index contributed by atoms with van der Waals surface area (Å²) in [5.74, 6) is -0.290. The number of likely N-dealkylation sites (N-methyl/N-ethyl adjacent to an activating group) is 1. The molecule has 1 aromatic rings. The van der Waals surface area contributed by atoms with E-state index in [0.717, 1.165) is 11.3 Å². The molecule has 0 radical (unpaired) electrons. The molecule has 1 amide bonds. The molecule has 2 N–H and O–H groups in total. The van der Waals surface area contributed by atoms with Crippen molar-refractivity contribution in [3.8, 4) is 5.75 Å². The van der Waals surface area contributed by atoms with Crippen LogP contribution in [0.15, 0.2) is 24.3 Å². The SMILES string of the molecule is COc1ccccc1CNC(=O)CN(C)CCC(=O)O. The zero-order chi connectivity index (χ0) is 15.0. The number of benzene rings is 1. The smallest absolute Gasteiger partial charge is 0.304 e. The Labute approximate surface area is 118 Å². The first-order valence-electron chi connectivity index (χ1n) is 6.32. The summed E-state index contributed by atoms with van der Waals surface area (Å²) in [5, 5.41) is 11.3. The Kier molecular flexibility index (Phi) is 6.52. The Hall–Kier alpha value is -2.08. The molecule has 0 aliphatic heterocycles. The number of amides is 1. The summed E-state index contributed by atoms with van der Waals surface area (Å²) in [4.78, 5) is 23.8. The topological polar surface area (TPSA) is 78.9 Å². The molecule has 0 aliphatic rings. The largest absolute Gasteiger partial charge is 0.496 e. The predicted molar refractivity (Wildman–Crippen MR) is 74.6 cm³/mol. The first kappa shape index (κ1) is 16.0. The molecule has 0 spiro atoms. The van der Waals surface area contributed by atoms with Crippen LogP contribution in [0.3, 0.4) is 0 Å². The Morgan fingerprint density at radius 2 is 2.05 bits per heavy atom. The van der Waals surface area contributed by atoms with Crippen LogP contribution < -0.4 is 10.1 Å². The van der Waals surface area contributed by atoms with E-state index in [-0.39, 0.29) is 18.9 Å². The second-order valence-electron chi connectivity index (χ2n) is 4.47. The molecule has 6 heteroatoms. The van der Waals surface area contributed by atoms with Gasteiger partial charge in [0.25, 0.3) is 0 Å². The number of nitrogens with zero attached hydrogens (tertiary/aromatic N) is 1. The summed E-state index contributed by atoms with van der Waals surface area (Å²) >= 11 is 0. The van der Waals surface area contributed by atoms with Gasteiger partial charge >= 0.3 is 5.97 Å². The van der Waals surface area contributed by atoms with Crippen LogP contribution in [0.5, 0.6) is 5.75 Å². The van der Waals surface area contributed by atoms with Crippen molar-refractivity contribution in [3.63, 3.8) is 0 Å². The van der Waals surface area contributed by atoms with Gasteiger partial charge in [0.2, 0.25) is 5.91 Å². The van der Waals surface area contributed by atoms with Crippen LogP contribution in [0, 0.1) is 0 Å². The van der Waals surface area contributed by atoms with E-state index in [1.807, 2.05) is 24.3 Å². The minimum atomic E-state index is -0.869. The van der Waals surface area contributed by atoms with Crippen LogP contribution in [-0.4, -0.2) is 49.1 Å². The molecular weight excluding hydrogens is 260 g/mol. The van der Waals surface area contributed by atoms with E-state index in [1.165, 1.54) is 0 Å². The Balaban J connectivity index is 2.37. The summed E-state index contributed by atoms with van der Waals surface area (Å²) in [5.41, 5.74) is 0.900. The van der Waals surface area contributed by atoms with Gasteiger partial charge in [0.05, 0.1) is 20.1 Å². The van der Waals surface area contributed by atoms with Crippen molar-refractivity contribution in [1.82, 2.24) is 10.2 Å². The maximum atomic E-state index is 11.7. The molecule has 0 saturated heterocycles. The molecule has 0 atom stereocenters. The van der Waals surface area contributed by atoms with E-state index >= 15 is 0 Å². The van der Waals surface area contributed by atoms with Crippen molar-refractivity contribution in [2.24, 2.45) is 0 Å². The lowest BCUT2D eigenvalue weighted by Gasteiger charge is -2.15. The minimum absolute atomic E-state index is 0.0241. The number of ether oxygens (including phenoxy) is 1. The van der Waals surface area contributed by atoms with Gasteiger partial charge in [-0.3, -0.25) is 14.5 Å². The molecule has 0 fully saturated rings. The van der Waals surface area contributed by atoms with Crippen LogP contribution in [0.1, 0.15) is 12.0 Å². The minimum Gasteiger partial charge on any atom is -0.496 e. The van der Waals surface area contributed by atoms with Gasteiger partial charge < -0.3 is 15.2 Å². The van der Waals surface area contributed by atoms with Crippen molar-refractivity contribution in [2.75, 3.05) is 27.2 Å². The van der Waals surface area contributed by atoms with Gasteiger partial charge in [-0.1, -0.05) is 18.2 Å². The highest BCUT2D eigenvalue weighted by Crippen LogP contribution is 2.16. The highest BCUT2D eigenvalue weighted by molar-refractivity contribution is 5.78. The van der Waals surface area contributed by atoms with E-state index in [2.05, 4.69) is 5.32 Å². The zero-order valence-corrected chi connectivity index (χ0v) is 11.8. The quantitative estimate of drug-likeness (QED) is 0.733. The maximum absolute atomic E-state index is 11.7. The van der Waals surface area contributed by atoms with Crippen molar-refractivity contribution >= 4 is 11.9 Å². The Bertz CT molecular complexity index is 462. The second-order valence-corrected chi connectivity index (χ2v) is 4.47. The number of rotatable bonds is 8. The number of hydrogen-bond acceptors (Lipinski definition) is 4. The standard InChI is InChI=1S/C14H20N2O4/c1-16(8-7-14(18)19)10-13(17)15-9-11-5-3-4-6-12(11)20-2/h3-6H,7-10H2,1-2H3,(H,15,17)(H,18,19). The molecule has 0 unspecified atom stereocenters. The number of aliphatic carboxylic acids is 1. The summed E-state index contributed by atoms with van der Waals surface area (Å²) in [6, 6.07) is 7.46. The van der Waals surface area contributed by atoms with E-state index in [0.29, 0.717) is 13.1 Å². The van der Waals surface area contributed by atoms with Gasteiger partial charge in [-0.25, -0.2) is 0 Å². The lowest BCUT2D eigenvalue weighted by atomic mass is 10.2. The van der Waals surface area contributed by atoms with Gasteiger partial charge in [0.15, 0.2) is 0 Å². The van der Waals surface area contributed by atoms with Crippen LogP contribution >= 0.6 is 0 Å². The Morgan fingerprint density at radius 1 is 1.35 bits per heavy atom. The molecule has 20 heavy (non-hydrogen) atoms. The lowest BCUT2D eigenvalue weighted by molar-refractivity contribution is -0.137. The summed E-state index contributed by atoms with van der Waals surface area (Å²) in [6.07, 6.45) is 0.0241. The van der Waals surface area contributed by atoms with Gasteiger partial charge in [-0.2, -0.15) is 0 Å². The third-order valence-electron chi connectivity index (χ3n) is 2.79. The Morgan fingerprint density at radius 3 is 2.70 bits per heavy atom. The van der Waals surface area contributed by atoms with Gasteiger partial charge in [0, 0.05) is 18.7 Å². The average Bonchev–Trinajstić information content (AvgIpc) is 2.43. The van der Waals surface area contributed by atoms with E-state index in [9.17, 15) is 9.59 Å². The predicted octanol–water partition coefficient (Wildman–Crippen LogP) is 0.718. The van der Waals surface area contributed by atoms with Gasteiger partial charge in [0.1, 0.15) is 5.75 Å². The summed E-state index contributed by atoms with van der Waals surface area (Å²) in [6.45, 7) is 0.898. The van der Waals surface area contributed by atoms with E-state index in [1.54, 1.807) is 19.1 Å². The average molecular weight is 280 g/mol. The van der Waals surface area contributed by atoms with Crippen molar-refractivity contribution in [3.05, 3.63) is 29.8 Å². The van der Waals surface area contributed by atoms with Crippen molar-refractivity contribution in [1.29, 1.82) is 0 Å². The first-order valence-corrected chi connectivity index (χ1v) is 6.32. The van der Waals surface area contributed by atoms with Crippen LogP contribution in [-0.2, 0) is 16.1 Å². The number of carbonyl (C=O) groups is 2. The molecule has 0 aliphatic carbocycles. The van der Waals surface area contributed by atoms with Crippen LogP contribution in [0.4, 0.5) is 0 Å². The van der Waals surface area contributed by atoms with Crippen LogP contribution in [0.25, 0.3) is 0 Å². The molecule has 1 aromatic carbocycles. The number of carboxylic acid groups (broad SMARTS) is 1. The number of hydrogen-bond donors (Lipinski definition) is 2. The van der Waals surface area contributed by atoms with E-state index in [4.69, 9.17) is 9.84 Å². The fourth-order valence-corrected chi connectivity index (χ4v) is 1.71. The maximum Gasteiger partial charge on any atom is 0.304 e. The third kappa shape index (κ3) is 5.71. The monoisotopic (exact) mass is 280 g/mol. The van der Waals surface area contributed by atoms with E-state index < -0.39 is 5.97 Å². The molecular formula is C14H20N2O4. The van der Waals surface area contributed by atoms with Gasteiger partial charge in [-0.05, 0) is 13.1 Å². The number of nitrogens with one attached hydrogen (secondary N) is 1. The number of methoxy groups -OCH3 is 1. The molecule has 0 bridgehead atoms. The molecule has 1 rings (SSSR count). The lowest BCUT2D eigenvalue weighted by Crippen LogP contribution is -2.35. The normalized spacial score (nSPS) is 10.3. The highest BCUT2D eigenvalue weighted by atomic mass is 16.5. The fourth-order valence-electron chi connectivity index (χ4n) is 1.71. The third-order valence-corrected chi connectivity index (χ3v) is 2.79. The molecule has 0 heterocycles. The zero-order valence-electron chi connectivity index (χ0n) is 11.8. The summed E-state index contributed by atoms with van der Waals surface area (Å²) < 4.78 is 5.20. The van der Waals surface area contributed by atoms with Crippen molar-refractivity contribution < 1.29 is 19.4 Å². The number of carboxylic acids is 1. The second kappa shape index (κ2) is 8.16. The molecule has 110 valence electrons. The molecule has 6 nitrogen and oxygen atoms in total. The summed E-state index contributed by atoms with van der Waals surface area (Å²) in [7, 11) is 3.30. The van der Waals surface area contributed by atoms with Crippen molar-refractivity contribution in [2.45, 2.75) is 13.0 Å². The van der Waals surface area contributed by atoms with Gasteiger partial charge in [-0.15, -0.1) is 0 Å². The molecule has 0 saturated carbocycles. The first-order chi connectivity index (χ1) is 9.52. The van der Waals surface area contributed by atoms with Crippen LogP contribution in [0.2, 0.25) is 0 Å². The molecule has 0 aromatic heterocycles. The highest BCUT2D eigenvalue weighted by Gasteiger charge is 2.09. The number of para-hydroxylation sites is 1.